The van der Waals surface area contributed by atoms with E-state index in [0.717, 1.165) is 70.1 Å². The van der Waals surface area contributed by atoms with Crippen LogP contribution < -0.4 is 0 Å². The van der Waals surface area contributed by atoms with Crippen LogP contribution in [0.2, 0.25) is 0 Å². The van der Waals surface area contributed by atoms with Gasteiger partial charge in [-0.2, -0.15) is 0 Å². The molecule has 0 N–H and O–H groups in total. The summed E-state index contributed by atoms with van der Waals surface area (Å²) < 4.78 is 5.44. The molecule has 6 aliphatic heterocycles. The summed E-state index contributed by atoms with van der Waals surface area (Å²) in [6.45, 7) is 34.2. The van der Waals surface area contributed by atoms with Gasteiger partial charge in [0, 0.05) is 108 Å². The van der Waals surface area contributed by atoms with Crippen molar-refractivity contribution in [3.8, 4) is 0 Å². The molecule has 0 unspecified atom stereocenters. The van der Waals surface area contributed by atoms with Gasteiger partial charge in [0.1, 0.15) is 5.60 Å². The SMILES string of the molecule is C.C.CC.CC(C)N1CCCC1=O.CC(C)N1CCN(C)C1=O.CC(C)N1C[C@@H]2C[C@H]1CN2C.CC(C)N1C[C@@H]2C[C@H]1CN2C(=O)OC(C)(C)C. The first-order valence-corrected chi connectivity index (χ1v) is 19.3. The third-order valence-electron chi connectivity index (χ3n) is 10.4. The van der Waals surface area contributed by atoms with Crippen molar-refractivity contribution in [1.82, 2.24) is 34.3 Å². The summed E-state index contributed by atoms with van der Waals surface area (Å²) in [4.78, 5) is 49.3. The van der Waals surface area contributed by atoms with E-state index in [1.165, 1.54) is 19.5 Å². The minimum Gasteiger partial charge on any atom is -0.444 e. The first-order chi connectivity index (χ1) is 22.8. The highest BCUT2D eigenvalue weighted by molar-refractivity contribution is 5.78. The van der Waals surface area contributed by atoms with Crippen molar-refractivity contribution >= 4 is 18.0 Å². The highest BCUT2D eigenvalue weighted by Gasteiger charge is 2.47. The number of hydrogen-bond donors (Lipinski definition) is 0. The van der Waals surface area contributed by atoms with Gasteiger partial charge in [-0.05, 0) is 102 Å². The molecule has 4 amide bonds. The Balaban J connectivity index is 0.000000654. The summed E-state index contributed by atoms with van der Waals surface area (Å²) in [6, 6.07) is 4.86. The van der Waals surface area contributed by atoms with Crippen LogP contribution in [0.25, 0.3) is 0 Å². The van der Waals surface area contributed by atoms with Crippen molar-refractivity contribution in [1.29, 1.82) is 0 Å². The standard InChI is InChI=1S/C13H24N2O2.C9H18N2.C7H14N2O.C7H13NO.C2H6.2CH4/c1-9(2)14-7-11-6-10(14)8-15(11)12(16)17-13(3,4)5;1-7(2)11-6-8-4-9(11)5-10(8)3;1-6(2)9-5-4-8(3)7(9)10;1-6(2)8-5-3-4-7(8)9;1-2;;/h9-11H,6-8H2,1-5H3;7-9H,4-6H2,1-3H3;6H,4-5H2,1-3H3;6H,3-5H2,1-2H3;1-2H3;2*1H4/t10-,11-;8-,9-;;;;;/m00...../s1. The number of hydrogen-bond acceptors (Lipinski definition) is 7. The number of amides is 4. The zero-order valence-corrected chi connectivity index (χ0v) is 34.2. The largest absolute Gasteiger partial charge is 0.444 e. The lowest BCUT2D eigenvalue weighted by Crippen LogP contribution is -2.51. The number of urea groups is 1. The highest BCUT2D eigenvalue weighted by Crippen LogP contribution is 2.33. The van der Waals surface area contributed by atoms with E-state index in [1.54, 1.807) is 4.90 Å². The molecule has 0 radical (unpaired) electrons. The van der Waals surface area contributed by atoms with Gasteiger partial charge in [0.2, 0.25) is 5.91 Å². The quantitative estimate of drug-likeness (QED) is 0.310. The van der Waals surface area contributed by atoms with Crippen LogP contribution in [0, 0.1) is 0 Å². The summed E-state index contributed by atoms with van der Waals surface area (Å²) >= 11 is 0. The van der Waals surface area contributed by atoms with Crippen LogP contribution in [0.15, 0.2) is 0 Å². The number of carbonyl (C=O) groups is 3. The van der Waals surface area contributed by atoms with Gasteiger partial charge in [-0.25, -0.2) is 9.59 Å². The number of ether oxygens (including phenoxy) is 1. The third kappa shape index (κ3) is 13.7. The number of nitrogens with zero attached hydrogens (tertiary/aromatic N) is 7. The molecule has 6 rings (SSSR count). The van der Waals surface area contributed by atoms with Gasteiger partial charge in [0.15, 0.2) is 0 Å². The van der Waals surface area contributed by atoms with Crippen LogP contribution in [-0.2, 0) is 9.53 Å². The molecule has 4 bridgehead atoms. The van der Waals surface area contributed by atoms with Gasteiger partial charge in [0.05, 0.1) is 0 Å². The fraction of sp³-hybridized carbons (Fsp3) is 0.925. The van der Waals surface area contributed by atoms with E-state index < -0.39 is 5.60 Å². The highest BCUT2D eigenvalue weighted by atomic mass is 16.6. The Morgan fingerprint density at radius 3 is 1.43 bits per heavy atom. The summed E-state index contributed by atoms with van der Waals surface area (Å²) in [5, 5.41) is 0. The molecule has 0 saturated carbocycles. The Morgan fingerprint density at radius 1 is 0.667 bits per heavy atom. The van der Waals surface area contributed by atoms with Gasteiger partial charge < -0.3 is 29.2 Å². The average Bonchev–Trinajstić information content (AvgIpc) is 3.86. The number of rotatable bonds is 4. The smallest absolute Gasteiger partial charge is 0.410 e. The van der Waals surface area contributed by atoms with Crippen molar-refractivity contribution in [3.63, 3.8) is 0 Å². The lowest BCUT2D eigenvalue weighted by Gasteiger charge is -2.37. The van der Waals surface area contributed by atoms with Crippen molar-refractivity contribution in [2.75, 3.05) is 59.9 Å². The number of piperazine rings is 2. The second-order valence-electron chi connectivity index (χ2n) is 16.5. The molecule has 11 heteroatoms. The van der Waals surface area contributed by atoms with E-state index >= 15 is 0 Å². The first-order valence-electron chi connectivity index (χ1n) is 19.3. The Hall–Kier alpha value is -2.11. The van der Waals surface area contributed by atoms with E-state index in [9.17, 15) is 14.4 Å². The number of likely N-dealkylation sites (N-methyl/N-ethyl adjacent to an activating group) is 2. The van der Waals surface area contributed by atoms with Crippen molar-refractivity contribution < 1.29 is 19.1 Å². The molecular weight excluding hydrogens is 642 g/mol. The van der Waals surface area contributed by atoms with Crippen LogP contribution in [0.5, 0.6) is 0 Å². The molecule has 11 nitrogen and oxygen atoms in total. The molecule has 0 aromatic carbocycles. The molecule has 6 aliphatic rings. The Kier molecular flexibility index (Phi) is 20.7. The normalized spacial score (nSPS) is 25.6. The molecule has 6 saturated heterocycles. The predicted octanol–water partition coefficient (Wildman–Crippen LogP) is 6.95. The van der Waals surface area contributed by atoms with Crippen molar-refractivity contribution in [2.45, 2.75) is 184 Å². The average molecular weight is 726 g/mol. The van der Waals surface area contributed by atoms with E-state index in [-0.39, 0.29) is 27.0 Å². The van der Waals surface area contributed by atoms with Gasteiger partial charge >= 0.3 is 12.1 Å². The Labute approximate surface area is 315 Å². The van der Waals surface area contributed by atoms with Gasteiger partial charge in [-0.3, -0.25) is 14.6 Å². The van der Waals surface area contributed by atoms with Crippen LogP contribution in [0.3, 0.4) is 0 Å². The molecule has 6 fully saturated rings. The lowest BCUT2D eigenvalue weighted by atomic mass is 10.2. The second kappa shape index (κ2) is 21.6. The minimum atomic E-state index is -0.392. The Bertz CT molecular complexity index is 1040. The van der Waals surface area contributed by atoms with E-state index in [0.29, 0.717) is 36.1 Å². The topological polar surface area (TPSA) is 83.1 Å². The fourth-order valence-electron chi connectivity index (χ4n) is 7.77. The van der Waals surface area contributed by atoms with E-state index in [1.807, 2.05) is 70.2 Å². The minimum absolute atomic E-state index is 0. The summed E-state index contributed by atoms with van der Waals surface area (Å²) in [5.74, 6) is 0.324. The predicted molar refractivity (Wildman–Crippen MR) is 214 cm³/mol. The molecule has 51 heavy (non-hydrogen) atoms. The van der Waals surface area contributed by atoms with E-state index in [2.05, 4.69) is 63.3 Å². The molecule has 6 heterocycles. The van der Waals surface area contributed by atoms with Crippen molar-refractivity contribution in [3.05, 3.63) is 0 Å². The van der Waals surface area contributed by atoms with E-state index in [4.69, 9.17) is 4.74 Å². The number of likely N-dealkylation sites (tertiary alicyclic amines) is 5. The van der Waals surface area contributed by atoms with Gasteiger partial charge in [-0.1, -0.05) is 28.7 Å². The molecule has 4 atom stereocenters. The Morgan fingerprint density at radius 2 is 1.16 bits per heavy atom. The fourth-order valence-corrected chi connectivity index (χ4v) is 7.77. The summed E-state index contributed by atoms with van der Waals surface area (Å²) in [7, 11) is 4.09. The van der Waals surface area contributed by atoms with Crippen LogP contribution in [-0.4, -0.2) is 166 Å². The summed E-state index contributed by atoms with van der Waals surface area (Å²) in [6.07, 6.45) is 4.19. The van der Waals surface area contributed by atoms with Crippen LogP contribution >= 0.6 is 0 Å². The van der Waals surface area contributed by atoms with Gasteiger partial charge in [-0.15, -0.1) is 0 Å². The molecule has 0 aliphatic carbocycles. The molecule has 0 aromatic heterocycles. The maximum absolute atomic E-state index is 12.0. The zero-order chi connectivity index (χ0) is 37.4. The third-order valence-corrected chi connectivity index (χ3v) is 10.4. The molecule has 0 spiro atoms. The second-order valence-corrected chi connectivity index (χ2v) is 16.5. The maximum atomic E-state index is 12.0. The summed E-state index contributed by atoms with van der Waals surface area (Å²) in [5.41, 5.74) is -0.392. The lowest BCUT2D eigenvalue weighted by molar-refractivity contribution is -0.129. The van der Waals surface area contributed by atoms with Crippen molar-refractivity contribution in [2.24, 2.45) is 0 Å². The van der Waals surface area contributed by atoms with Crippen LogP contribution in [0.4, 0.5) is 9.59 Å². The zero-order valence-electron chi connectivity index (χ0n) is 34.2. The number of fused-ring (bicyclic) bond motifs is 4. The molecule has 302 valence electrons. The van der Waals surface area contributed by atoms with Gasteiger partial charge in [0.25, 0.3) is 0 Å². The molecule has 0 aromatic rings. The monoisotopic (exact) mass is 726 g/mol. The first kappa shape index (κ1) is 48.9. The molecular formula is C40H83N7O4. The van der Waals surface area contributed by atoms with Crippen LogP contribution in [0.1, 0.15) is 131 Å². The number of carbonyl (C=O) groups excluding carboxylic acids is 3. The maximum Gasteiger partial charge on any atom is 0.410 e.